The van der Waals surface area contributed by atoms with E-state index in [1.54, 1.807) is 0 Å². The molecule has 1 aromatic carbocycles. The Hall–Kier alpha value is -1.55. The molecule has 21 heavy (non-hydrogen) atoms. The van der Waals surface area contributed by atoms with Crippen LogP contribution in [-0.4, -0.2) is 35.7 Å². The molecule has 0 unspecified atom stereocenters. The summed E-state index contributed by atoms with van der Waals surface area (Å²) in [5, 5.41) is 2.96. The SMILES string of the molecule is Cc1ccccc1CN1CC[C@@H](NC(=O)OC(C)(C)C)C1. The number of nitrogens with one attached hydrogen (secondary N) is 1. The van der Waals surface area contributed by atoms with Gasteiger partial charge < -0.3 is 10.1 Å². The fraction of sp³-hybridized carbons (Fsp3) is 0.588. The summed E-state index contributed by atoms with van der Waals surface area (Å²) in [5.41, 5.74) is 2.24. The highest BCUT2D eigenvalue weighted by Gasteiger charge is 2.26. The van der Waals surface area contributed by atoms with Crippen LogP contribution in [0, 0.1) is 6.92 Å². The minimum Gasteiger partial charge on any atom is -0.444 e. The third-order valence-corrected chi connectivity index (χ3v) is 3.65. The van der Waals surface area contributed by atoms with Gasteiger partial charge in [0, 0.05) is 25.7 Å². The van der Waals surface area contributed by atoms with Crippen molar-refractivity contribution in [1.82, 2.24) is 10.2 Å². The molecule has 1 aliphatic rings. The molecule has 0 aromatic heterocycles. The maximum atomic E-state index is 11.8. The molecule has 2 rings (SSSR count). The molecule has 1 saturated heterocycles. The van der Waals surface area contributed by atoms with Crippen LogP contribution in [0.1, 0.15) is 38.3 Å². The van der Waals surface area contributed by atoms with Crippen molar-refractivity contribution in [1.29, 1.82) is 0 Å². The molecule has 0 spiro atoms. The zero-order valence-corrected chi connectivity index (χ0v) is 13.5. The molecule has 4 heteroatoms. The molecule has 1 atom stereocenters. The summed E-state index contributed by atoms with van der Waals surface area (Å²) >= 11 is 0. The van der Waals surface area contributed by atoms with E-state index in [0.29, 0.717) is 0 Å². The van der Waals surface area contributed by atoms with Gasteiger partial charge in [-0.1, -0.05) is 24.3 Å². The normalized spacial score (nSPS) is 19.5. The number of rotatable bonds is 3. The highest BCUT2D eigenvalue weighted by molar-refractivity contribution is 5.68. The van der Waals surface area contributed by atoms with E-state index >= 15 is 0 Å². The van der Waals surface area contributed by atoms with Gasteiger partial charge in [0.15, 0.2) is 0 Å². The number of alkyl carbamates (subject to hydrolysis) is 1. The van der Waals surface area contributed by atoms with Crippen molar-refractivity contribution in [3.63, 3.8) is 0 Å². The molecule has 1 N–H and O–H groups in total. The Labute approximate surface area is 127 Å². The zero-order chi connectivity index (χ0) is 15.5. The topological polar surface area (TPSA) is 41.6 Å². The Morgan fingerprint density at radius 1 is 1.38 bits per heavy atom. The van der Waals surface area contributed by atoms with Crippen molar-refractivity contribution in [2.45, 2.75) is 52.3 Å². The summed E-state index contributed by atoms with van der Waals surface area (Å²) in [5.74, 6) is 0. The van der Waals surface area contributed by atoms with Gasteiger partial charge in [-0.3, -0.25) is 4.90 Å². The first kappa shape index (κ1) is 15.8. The highest BCUT2D eigenvalue weighted by Crippen LogP contribution is 2.16. The summed E-state index contributed by atoms with van der Waals surface area (Å²) in [6, 6.07) is 8.64. The number of likely N-dealkylation sites (tertiary alicyclic amines) is 1. The van der Waals surface area contributed by atoms with Crippen molar-refractivity contribution in [2.24, 2.45) is 0 Å². The largest absolute Gasteiger partial charge is 0.444 e. The lowest BCUT2D eigenvalue weighted by Crippen LogP contribution is -2.40. The van der Waals surface area contributed by atoms with E-state index < -0.39 is 5.60 Å². The van der Waals surface area contributed by atoms with Crippen molar-refractivity contribution in [3.05, 3.63) is 35.4 Å². The molecule has 4 nitrogen and oxygen atoms in total. The lowest BCUT2D eigenvalue weighted by Gasteiger charge is -2.22. The molecular formula is C17H26N2O2. The van der Waals surface area contributed by atoms with Gasteiger partial charge in [-0.05, 0) is 45.2 Å². The van der Waals surface area contributed by atoms with Crippen molar-refractivity contribution in [3.8, 4) is 0 Å². The number of amides is 1. The minimum absolute atomic E-state index is 0.184. The molecule has 1 heterocycles. The first-order valence-corrected chi connectivity index (χ1v) is 7.60. The van der Waals surface area contributed by atoms with E-state index in [-0.39, 0.29) is 12.1 Å². The molecule has 0 saturated carbocycles. The number of hydrogen-bond acceptors (Lipinski definition) is 3. The average molecular weight is 290 g/mol. The Balaban J connectivity index is 1.81. The second-order valence-corrected chi connectivity index (χ2v) is 6.79. The number of benzene rings is 1. The molecular weight excluding hydrogens is 264 g/mol. The smallest absolute Gasteiger partial charge is 0.407 e. The van der Waals surface area contributed by atoms with Gasteiger partial charge in [0.1, 0.15) is 5.60 Å². The number of carbonyl (C=O) groups excluding carboxylic acids is 1. The predicted octanol–water partition coefficient (Wildman–Crippen LogP) is 3.09. The Bertz CT molecular complexity index is 494. The average Bonchev–Trinajstić information content (AvgIpc) is 2.77. The summed E-state index contributed by atoms with van der Waals surface area (Å²) in [4.78, 5) is 14.2. The van der Waals surface area contributed by atoms with E-state index in [9.17, 15) is 4.79 Å². The van der Waals surface area contributed by atoms with Crippen LogP contribution in [0.4, 0.5) is 4.79 Å². The van der Waals surface area contributed by atoms with E-state index in [0.717, 1.165) is 26.1 Å². The monoisotopic (exact) mass is 290 g/mol. The quantitative estimate of drug-likeness (QED) is 0.930. The Morgan fingerprint density at radius 3 is 2.76 bits per heavy atom. The van der Waals surface area contributed by atoms with Gasteiger partial charge in [0.2, 0.25) is 0 Å². The van der Waals surface area contributed by atoms with E-state index in [4.69, 9.17) is 4.74 Å². The predicted molar refractivity (Wildman–Crippen MR) is 84.2 cm³/mol. The summed E-state index contributed by atoms with van der Waals surface area (Å²) < 4.78 is 5.30. The van der Waals surface area contributed by atoms with Gasteiger partial charge in [-0.15, -0.1) is 0 Å². The van der Waals surface area contributed by atoms with Crippen LogP contribution in [0.5, 0.6) is 0 Å². The number of hydrogen-bond donors (Lipinski definition) is 1. The van der Waals surface area contributed by atoms with Crippen LogP contribution in [0.15, 0.2) is 24.3 Å². The van der Waals surface area contributed by atoms with Crippen molar-refractivity contribution < 1.29 is 9.53 Å². The third-order valence-electron chi connectivity index (χ3n) is 3.65. The van der Waals surface area contributed by atoms with Crippen LogP contribution in [0.2, 0.25) is 0 Å². The maximum absolute atomic E-state index is 11.8. The van der Waals surface area contributed by atoms with Crippen LogP contribution < -0.4 is 5.32 Å². The molecule has 1 aliphatic heterocycles. The number of nitrogens with zero attached hydrogens (tertiary/aromatic N) is 1. The van der Waals surface area contributed by atoms with Crippen LogP contribution >= 0.6 is 0 Å². The standard InChI is InChI=1S/C17H26N2O2/c1-13-7-5-6-8-14(13)11-19-10-9-15(12-19)18-16(20)21-17(2,3)4/h5-8,15H,9-12H2,1-4H3,(H,18,20)/t15-/m1/s1. The molecule has 1 fully saturated rings. The minimum atomic E-state index is -0.441. The number of carbonyl (C=O) groups is 1. The molecule has 116 valence electrons. The number of ether oxygens (including phenoxy) is 1. The summed E-state index contributed by atoms with van der Waals surface area (Å²) in [6.07, 6.45) is 0.663. The van der Waals surface area contributed by atoms with Gasteiger partial charge in [-0.25, -0.2) is 4.79 Å². The Morgan fingerprint density at radius 2 is 2.10 bits per heavy atom. The van der Waals surface area contributed by atoms with E-state index in [1.165, 1.54) is 11.1 Å². The van der Waals surface area contributed by atoms with Gasteiger partial charge >= 0.3 is 6.09 Å². The highest BCUT2D eigenvalue weighted by atomic mass is 16.6. The second kappa shape index (κ2) is 6.48. The fourth-order valence-electron chi connectivity index (χ4n) is 2.60. The first-order chi connectivity index (χ1) is 9.83. The summed E-state index contributed by atoms with van der Waals surface area (Å²) in [6.45, 7) is 10.6. The van der Waals surface area contributed by atoms with Gasteiger partial charge in [0.05, 0.1) is 0 Å². The van der Waals surface area contributed by atoms with Gasteiger partial charge in [0.25, 0.3) is 0 Å². The van der Waals surface area contributed by atoms with E-state index in [1.807, 2.05) is 20.8 Å². The zero-order valence-electron chi connectivity index (χ0n) is 13.5. The lowest BCUT2D eigenvalue weighted by molar-refractivity contribution is 0.0506. The summed E-state index contributed by atoms with van der Waals surface area (Å²) in [7, 11) is 0. The van der Waals surface area contributed by atoms with Crippen LogP contribution in [-0.2, 0) is 11.3 Å². The fourth-order valence-corrected chi connectivity index (χ4v) is 2.60. The second-order valence-electron chi connectivity index (χ2n) is 6.79. The maximum Gasteiger partial charge on any atom is 0.407 e. The third kappa shape index (κ3) is 5.05. The molecule has 0 radical (unpaired) electrons. The molecule has 1 aromatic rings. The number of aryl methyl sites for hydroxylation is 1. The van der Waals surface area contributed by atoms with Crippen LogP contribution in [0.25, 0.3) is 0 Å². The van der Waals surface area contributed by atoms with Crippen molar-refractivity contribution in [2.75, 3.05) is 13.1 Å². The molecule has 0 aliphatic carbocycles. The molecule has 1 amide bonds. The first-order valence-electron chi connectivity index (χ1n) is 7.60. The van der Waals surface area contributed by atoms with E-state index in [2.05, 4.69) is 41.4 Å². The Kier molecular flexibility index (Phi) is 4.88. The van der Waals surface area contributed by atoms with Crippen molar-refractivity contribution >= 4 is 6.09 Å². The lowest BCUT2D eigenvalue weighted by atomic mass is 10.1. The van der Waals surface area contributed by atoms with Gasteiger partial charge in [-0.2, -0.15) is 0 Å². The van der Waals surface area contributed by atoms with Crippen LogP contribution in [0.3, 0.4) is 0 Å². The molecule has 0 bridgehead atoms.